The molecule has 3 aliphatic rings. The van der Waals surface area contributed by atoms with Crippen molar-refractivity contribution in [1.82, 2.24) is 20.9 Å². The van der Waals surface area contributed by atoms with Gasteiger partial charge in [-0.1, -0.05) is 44.0 Å². The zero-order valence-corrected chi connectivity index (χ0v) is 22.2. The summed E-state index contributed by atoms with van der Waals surface area (Å²) in [6.07, 6.45) is 7.06. The summed E-state index contributed by atoms with van der Waals surface area (Å²) in [6.45, 7) is 5.98. The smallest absolute Gasteiger partial charge is 0.246 e. The van der Waals surface area contributed by atoms with Crippen molar-refractivity contribution in [3.63, 3.8) is 0 Å². The largest absolute Gasteiger partial charge is 0.363 e. The van der Waals surface area contributed by atoms with E-state index in [1.54, 1.807) is 30.6 Å². The first-order valence-corrected chi connectivity index (χ1v) is 13.6. The molecule has 1 aromatic carbocycles. The maximum Gasteiger partial charge on any atom is 0.246 e. The summed E-state index contributed by atoms with van der Waals surface area (Å²) in [6, 6.07) is 5.88. The Labute approximate surface area is 217 Å². The van der Waals surface area contributed by atoms with Gasteiger partial charge in [0.25, 0.3) is 0 Å². The highest BCUT2D eigenvalue weighted by Gasteiger charge is 2.55. The highest BCUT2D eigenvalue weighted by molar-refractivity contribution is 7.99. The van der Waals surface area contributed by atoms with Gasteiger partial charge in [0.15, 0.2) is 0 Å². The van der Waals surface area contributed by atoms with E-state index in [2.05, 4.69) is 21.9 Å². The lowest BCUT2D eigenvalue weighted by molar-refractivity contribution is -0.144. The van der Waals surface area contributed by atoms with Crippen LogP contribution in [0.5, 0.6) is 0 Å². The van der Waals surface area contributed by atoms with Crippen molar-refractivity contribution in [2.75, 3.05) is 19.4 Å². The number of thioether (sulfide) groups is 1. The molecule has 0 radical (unpaired) electrons. The molecule has 1 aliphatic carbocycles. The molecule has 3 N–H and O–H groups in total. The van der Waals surface area contributed by atoms with Crippen LogP contribution in [0.2, 0.25) is 0 Å². The molecule has 2 heterocycles. The van der Waals surface area contributed by atoms with E-state index in [1.807, 2.05) is 38.1 Å². The summed E-state index contributed by atoms with van der Waals surface area (Å²) < 4.78 is 5.92. The molecule has 2 aliphatic heterocycles. The van der Waals surface area contributed by atoms with Crippen LogP contribution in [0.4, 0.5) is 0 Å². The molecular weight excluding hydrogens is 476 g/mol. The average molecular weight is 513 g/mol. The fourth-order valence-corrected chi connectivity index (χ4v) is 7.13. The Morgan fingerprint density at radius 2 is 2.06 bits per heavy atom. The minimum absolute atomic E-state index is 0.115. The van der Waals surface area contributed by atoms with E-state index in [1.165, 1.54) is 0 Å². The van der Waals surface area contributed by atoms with Crippen molar-refractivity contribution in [3.8, 4) is 12.3 Å². The Morgan fingerprint density at radius 1 is 1.31 bits per heavy atom. The predicted octanol–water partition coefficient (Wildman–Crippen LogP) is 1.60. The highest BCUT2D eigenvalue weighted by Crippen LogP contribution is 2.46. The van der Waals surface area contributed by atoms with Crippen molar-refractivity contribution in [2.45, 2.75) is 75.7 Å². The second-order valence-electron chi connectivity index (χ2n) is 10.5. The van der Waals surface area contributed by atoms with E-state index >= 15 is 0 Å². The van der Waals surface area contributed by atoms with Crippen molar-refractivity contribution in [1.29, 1.82) is 0 Å². The van der Waals surface area contributed by atoms with Crippen LogP contribution in [0.1, 0.15) is 50.8 Å². The quantitative estimate of drug-likeness (QED) is 0.480. The standard InChI is InChI=1S/C27H36N4O4S/c1-6-12-35-20-14-17-9-7-8-10-18(17)22(20)30-25(33)23-27(3,4)15-21-31(23)26(34)19(11-13-36-21)29-24(32)16(2)28-5/h1,7-10,16,19-23,28H,11-15H2,2-5H3,(H,29,32)(H,30,33)/t16-,19-,20+,21?,22?,23+/m0/s1. The number of nitrogens with zero attached hydrogens (tertiary/aromatic N) is 1. The van der Waals surface area contributed by atoms with Crippen LogP contribution in [0, 0.1) is 17.8 Å². The summed E-state index contributed by atoms with van der Waals surface area (Å²) in [5.74, 6) is 2.62. The Balaban J connectivity index is 1.58. The second kappa shape index (κ2) is 10.8. The van der Waals surface area contributed by atoms with Gasteiger partial charge >= 0.3 is 0 Å². The van der Waals surface area contributed by atoms with Crippen molar-refractivity contribution in [3.05, 3.63) is 35.4 Å². The summed E-state index contributed by atoms with van der Waals surface area (Å²) in [5, 5.41) is 8.91. The van der Waals surface area contributed by atoms with Gasteiger partial charge in [0.2, 0.25) is 17.7 Å². The maximum absolute atomic E-state index is 13.9. The monoisotopic (exact) mass is 512 g/mol. The number of benzene rings is 1. The molecule has 3 amide bonds. The number of nitrogens with one attached hydrogen (secondary N) is 3. The fraction of sp³-hybridized carbons (Fsp3) is 0.593. The number of rotatable bonds is 7. The number of carbonyl (C=O) groups excluding carboxylic acids is 3. The lowest BCUT2D eigenvalue weighted by atomic mass is 9.83. The third-order valence-electron chi connectivity index (χ3n) is 7.55. The van der Waals surface area contributed by atoms with Crippen LogP contribution in [0.15, 0.2) is 24.3 Å². The van der Waals surface area contributed by atoms with Gasteiger partial charge in [-0.15, -0.1) is 18.2 Å². The maximum atomic E-state index is 13.9. The fourth-order valence-electron chi connectivity index (χ4n) is 5.55. The zero-order chi connectivity index (χ0) is 26.0. The molecule has 9 heteroatoms. The van der Waals surface area contributed by atoms with E-state index in [0.29, 0.717) is 19.3 Å². The van der Waals surface area contributed by atoms with Gasteiger partial charge in [0, 0.05) is 6.42 Å². The SMILES string of the molecule is C#CCO[C@@H]1Cc2ccccc2C1NC(=O)[C@H]1N2C(=O)[C@@H](NC(=O)[C@H](C)NC)CCSC2CC1(C)C. The number of terminal acetylenes is 1. The van der Waals surface area contributed by atoms with Crippen LogP contribution in [0.3, 0.4) is 0 Å². The van der Waals surface area contributed by atoms with E-state index in [-0.39, 0.29) is 41.8 Å². The van der Waals surface area contributed by atoms with Crippen LogP contribution in [0.25, 0.3) is 0 Å². The molecule has 0 bridgehead atoms. The normalized spacial score (nSPS) is 29.5. The lowest BCUT2D eigenvalue weighted by Crippen LogP contribution is -2.58. The number of hydrogen-bond donors (Lipinski definition) is 3. The Hall–Kier alpha value is -2.54. The average Bonchev–Trinajstić information content (AvgIpc) is 3.28. The van der Waals surface area contributed by atoms with Crippen LogP contribution in [-0.2, 0) is 25.5 Å². The number of carbonyl (C=O) groups is 3. The van der Waals surface area contributed by atoms with Gasteiger partial charge in [-0.05, 0) is 49.1 Å². The van der Waals surface area contributed by atoms with Crippen LogP contribution < -0.4 is 16.0 Å². The zero-order valence-electron chi connectivity index (χ0n) is 21.4. The lowest BCUT2D eigenvalue weighted by Gasteiger charge is -2.35. The molecule has 0 saturated carbocycles. The molecule has 0 aromatic heterocycles. The predicted molar refractivity (Wildman–Crippen MR) is 140 cm³/mol. The number of fused-ring (bicyclic) bond motifs is 2. The molecule has 4 rings (SSSR count). The Morgan fingerprint density at radius 3 is 2.78 bits per heavy atom. The van der Waals surface area contributed by atoms with Gasteiger partial charge in [-0.2, -0.15) is 0 Å². The third kappa shape index (κ3) is 5.13. The second-order valence-corrected chi connectivity index (χ2v) is 11.8. The molecule has 2 saturated heterocycles. The Bertz CT molecular complexity index is 1050. The molecule has 2 fully saturated rings. The third-order valence-corrected chi connectivity index (χ3v) is 8.80. The van der Waals surface area contributed by atoms with Gasteiger partial charge in [-0.3, -0.25) is 14.4 Å². The van der Waals surface area contributed by atoms with Crippen LogP contribution in [-0.4, -0.2) is 71.6 Å². The summed E-state index contributed by atoms with van der Waals surface area (Å²) in [4.78, 5) is 42.0. The Kier molecular flexibility index (Phi) is 7.98. The highest BCUT2D eigenvalue weighted by atomic mass is 32.2. The first-order valence-electron chi connectivity index (χ1n) is 12.5. The molecule has 1 aromatic rings. The van der Waals surface area contributed by atoms with Crippen molar-refractivity contribution >= 4 is 29.5 Å². The molecule has 8 nitrogen and oxygen atoms in total. The minimum atomic E-state index is -0.664. The van der Waals surface area contributed by atoms with E-state index in [9.17, 15) is 14.4 Å². The van der Waals surface area contributed by atoms with E-state index in [4.69, 9.17) is 11.2 Å². The summed E-state index contributed by atoms with van der Waals surface area (Å²) in [7, 11) is 1.70. The van der Waals surface area contributed by atoms with Gasteiger partial charge in [-0.25, -0.2) is 0 Å². The van der Waals surface area contributed by atoms with Crippen molar-refractivity contribution < 1.29 is 19.1 Å². The molecule has 2 unspecified atom stereocenters. The minimum Gasteiger partial charge on any atom is -0.363 e. The van der Waals surface area contributed by atoms with Gasteiger partial charge in [0.1, 0.15) is 18.7 Å². The molecule has 0 spiro atoms. The summed E-state index contributed by atoms with van der Waals surface area (Å²) in [5.41, 5.74) is 1.70. The summed E-state index contributed by atoms with van der Waals surface area (Å²) >= 11 is 1.68. The van der Waals surface area contributed by atoms with E-state index in [0.717, 1.165) is 16.9 Å². The molecule has 6 atom stereocenters. The number of amides is 3. The van der Waals surface area contributed by atoms with E-state index < -0.39 is 23.5 Å². The molecule has 36 heavy (non-hydrogen) atoms. The number of likely N-dealkylation sites (N-methyl/N-ethyl adjacent to an activating group) is 1. The van der Waals surface area contributed by atoms with Crippen molar-refractivity contribution in [2.24, 2.45) is 5.41 Å². The molecule has 194 valence electrons. The topological polar surface area (TPSA) is 99.8 Å². The first-order chi connectivity index (χ1) is 17.2. The van der Waals surface area contributed by atoms with Crippen LogP contribution >= 0.6 is 11.8 Å². The number of ether oxygens (including phenoxy) is 1. The number of hydrogen-bond acceptors (Lipinski definition) is 6. The van der Waals surface area contributed by atoms with Gasteiger partial charge < -0.3 is 25.6 Å². The first kappa shape index (κ1) is 26.5. The molecular formula is C27H36N4O4S. The van der Waals surface area contributed by atoms with Gasteiger partial charge in [0.05, 0.1) is 23.6 Å².